The quantitative estimate of drug-likeness (QED) is 0.712. The molecule has 0 amide bonds. The molecule has 0 spiro atoms. The molecule has 0 fully saturated rings. The maximum atomic E-state index is 7.26. The van der Waals surface area contributed by atoms with E-state index in [9.17, 15) is 0 Å². The minimum absolute atomic E-state index is 0.285. The molecule has 1 heteroatoms. The molecule has 1 nitrogen and oxygen atoms in total. The lowest BCUT2D eigenvalue weighted by Gasteiger charge is -2.01. The second-order valence-corrected chi connectivity index (χ2v) is 3.48. The third kappa shape index (κ3) is 1.64. The highest BCUT2D eigenvalue weighted by atomic mass is 16.5. The van der Waals surface area contributed by atoms with Crippen LogP contribution in [0.1, 0.15) is 6.93 Å². The summed E-state index contributed by atoms with van der Waals surface area (Å²) in [5.41, 5.74) is 3.35. The van der Waals surface area contributed by atoms with E-state index in [0.29, 0.717) is 5.76 Å². The first-order chi connectivity index (χ1) is 7.84. The third-order valence-corrected chi connectivity index (χ3v) is 2.46. The molecule has 72 valence electrons. The van der Waals surface area contributed by atoms with Crippen molar-refractivity contribution < 1.29 is 6.11 Å². The average molecular weight is 195 g/mol. The molecule has 0 atom stereocenters. The van der Waals surface area contributed by atoms with Crippen molar-refractivity contribution in [2.75, 3.05) is 0 Å². The molecule has 1 heterocycles. The topological polar surface area (TPSA) is 12.5 Å². The van der Waals surface area contributed by atoms with E-state index >= 15 is 0 Å². The largest absolute Gasteiger partial charge is 0.457 e. The molecule has 0 bridgehead atoms. The Morgan fingerprint density at radius 1 is 0.733 bits per heavy atom. The molecule has 0 N–H and O–H groups in total. The van der Waals surface area contributed by atoms with Crippen LogP contribution < -0.4 is 0 Å². The Kier molecular flexibility index (Phi) is 1.60. The Labute approximate surface area is 90.0 Å². The van der Waals surface area contributed by atoms with Crippen LogP contribution in [0, 0.1) is 0 Å². The lowest BCUT2D eigenvalue weighted by molar-refractivity contribution is 0.563. The van der Waals surface area contributed by atoms with Crippen molar-refractivity contribution in [3.63, 3.8) is 0 Å². The van der Waals surface area contributed by atoms with Gasteiger partial charge in [0.05, 0.1) is 0 Å². The second kappa shape index (κ2) is 3.28. The van der Waals surface area contributed by atoms with Gasteiger partial charge in [-0.15, -0.1) is 0 Å². The van der Waals surface area contributed by atoms with Gasteiger partial charge in [-0.05, 0) is 11.1 Å². The SMILES string of the molecule is [2H]C1=C(c2ccc(-c3ccccc3)cc2)O1. The van der Waals surface area contributed by atoms with Crippen molar-refractivity contribution in [3.8, 4) is 11.1 Å². The monoisotopic (exact) mass is 195 g/mol. The van der Waals surface area contributed by atoms with E-state index in [0.717, 1.165) is 5.56 Å². The van der Waals surface area contributed by atoms with E-state index in [1.165, 1.54) is 11.1 Å². The van der Waals surface area contributed by atoms with Crippen LogP contribution in [0.5, 0.6) is 0 Å². The Morgan fingerprint density at radius 2 is 1.27 bits per heavy atom. The van der Waals surface area contributed by atoms with Crippen molar-refractivity contribution in [2.45, 2.75) is 0 Å². The fraction of sp³-hybridized carbons (Fsp3) is 0. The summed E-state index contributed by atoms with van der Waals surface area (Å²) < 4.78 is 12.2. The Hall–Kier alpha value is -2.02. The van der Waals surface area contributed by atoms with Gasteiger partial charge in [0, 0.05) is 5.56 Å². The smallest absolute Gasteiger partial charge is 0.168 e. The minimum Gasteiger partial charge on any atom is -0.457 e. The molecule has 2 aromatic rings. The van der Waals surface area contributed by atoms with Gasteiger partial charge in [0.2, 0.25) is 0 Å². The maximum Gasteiger partial charge on any atom is 0.168 e. The van der Waals surface area contributed by atoms with Gasteiger partial charge in [0.15, 0.2) is 5.76 Å². The summed E-state index contributed by atoms with van der Waals surface area (Å²) in [5.74, 6) is 0.694. The van der Waals surface area contributed by atoms with Crippen LogP contribution >= 0.6 is 0 Å². The number of hydrogen-bond donors (Lipinski definition) is 0. The molecule has 1 aliphatic rings. The van der Waals surface area contributed by atoms with Crippen molar-refractivity contribution in [1.29, 1.82) is 0 Å². The zero-order valence-electron chi connectivity index (χ0n) is 9.10. The van der Waals surface area contributed by atoms with E-state index < -0.39 is 0 Å². The van der Waals surface area contributed by atoms with Crippen LogP contribution in [0.15, 0.2) is 60.8 Å². The van der Waals surface area contributed by atoms with Crippen molar-refractivity contribution >= 4 is 5.76 Å². The van der Waals surface area contributed by atoms with Crippen LogP contribution in [0.3, 0.4) is 0 Å². The zero-order valence-corrected chi connectivity index (χ0v) is 8.10. The van der Waals surface area contributed by atoms with Gasteiger partial charge >= 0.3 is 0 Å². The molecular formula is C14H10O. The predicted molar refractivity (Wildman–Crippen MR) is 60.9 cm³/mol. The normalized spacial score (nSPS) is 14.5. The van der Waals surface area contributed by atoms with Crippen molar-refractivity contribution in [2.24, 2.45) is 0 Å². The second-order valence-electron chi connectivity index (χ2n) is 3.48. The number of rotatable bonds is 2. The van der Waals surface area contributed by atoms with E-state index in [1.54, 1.807) is 0 Å². The van der Waals surface area contributed by atoms with Gasteiger partial charge < -0.3 is 4.74 Å². The van der Waals surface area contributed by atoms with Crippen LogP contribution in [-0.4, -0.2) is 0 Å². The van der Waals surface area contributed by atoms with Crippen LogP contribution in [-0.2, 0) is 4.74 Å². The van der Waals surface area contributed by atoms with E-state index in [1.807, 2.05) is 42.5 Å². The molecule has 0 aliphatic carbocycles. The summed E-state index contributed by atoms with van der Waals surface area (Å²) in [6, 6.07) is 18.3. The number of benzene rings is 2. The maximum absolute atomic E-state index is 7.26. The first-order valence-electron chi connectivity index (χ1n) is 5.39. The lowest BCUT2D eigenvalue weighted by Crippen LogP contribution is -1.78. The molecule has 0 aromatic heterocycles. The fourth-order valence-electron chi connectivity index (χ4n) is 1.59. The predicted octanol–water partition coefficient (Wildman–Crippen LogP) is 3.68. The van der Waals surface area contributed by atoms with E-state index in [4.69, 9.17) is 6.11 Å². The summed E-state index contributed by atoms with van der Waals surface area (Å²) in [6.45, 7) is 0. The average Bonchev–Trinajstić information content (AvgIpc) is 3.08. The lowest BCUT2D eigenvalue weighted by atomic mass is 10.0. The van der Waals surface area contributed by atoms with Gasteiger partial charge in [0.1, 0.15) is 7.61 Å². The van der Waals surface area contributed by atoms with Crippen molar-refractivity contribution in [1.82, 2.24) is 0 Å². The molecule has 15 heavy (non-hydrogen) atoms. The van der Waals surface area contributed by atoms with Gasteiger partial charge in [-0.25, -0.2) is 0 Å². The standard InChI is InChI=1S/C14H10O/c1-2-4-11(5-3-1)12-6-8-13(9-7-12)14-10-15-14/h1-10H/i10D. The highest BCUT2D eigenvalue weighted by Gasteiger charge is 2.12. The van der Waals surface area contributed by atoms with E-state index in [-0.39, 0.29) is 6.24 Å². The Balaban J connectivity index is 1.94. The Bertz CT molecular complexity index is 541. The van der Waals surface area contributed by atoms with Crippen LogP contribution in [0.4, 0.5) is 0 Å². The highest BCUT2D eigenvalue weighted by molar-refractivity contribution is 5.71. The molecule has 3 rings (SSSR count). The molecule has 0 unspecified atom stereocenters. The molecule has 1 aliphatic heterocycles. The summed E-state index contributed by atoms with van der Waals surface area (Å²) in [4.78, 5) is 0. The molecule has 0 saturated heterocycles. The summed E-state index contributed by atoms with van der Waals surface area (Å²) in [7, 11) is 0. The summed E-state index contributed by atoms with van der Waals surface area (Å²) in [5, 5.41) is 0. The fourth-order valence-corrected chi connectivity index (χ4v) is 1.59. The van der Waals surface area contributed by atoms with Crippen molar-refractivity contribution in [3.05, 3.63) is 66.4 Å². The third-order valence-electron chi connectivity index (χ3n) is 2.46. The van der Waals surface area contributed by atoms with Gasteiger partial charge in [-0.2, -0.15) is 0 Å². The Morgan fingerprint density at radius 3 is 1.87 bits per heavy atom. The molecular weight excluding hydrogens is 184 g/mol. The highest BCUT2D eigenvalue weighted by Crippen LogP contribution is 2.28. The zero-order chi connectivity index (χ0) is 11.0. The summed E-state index contributed by atoms with van der Waals surface area (Å²) >= 11 is 0. The van der Waals surface area contributed by atoms with Crippen LogP contribution in [0.25, 0.3) is 16.9 Å². The number of hydrogen-bond acceptors (Lipinski definition) is 1. The first-order valence-corrected chi connectivity index (χ1v) is 4.89. The van der Waals surface area contributed by atoms with E-state index in [2.05, 4.69) is 12.1 Å². The van der Waals surface area contributed by atoms with Gasteiger partial charge in [0.25, 0.3) is 0 Å². The molecule has 0 saturated carbocycles. The van der Waals surface area contributed by atoms with Crippen LogP contribution in [0.2, 0.25) is 0 Å². The first kappa shape index (κ1) is 7.30. The van der Waals surface area contributed by atoms with Gasteiger partial charge in [-0.1, -0.05) is 54.6 Å². The molecule has 0 radical (unpaired) electrons. The van der Waals surface area contributed by atoms with Gasteiger partial charge in [-0.3, -0.25) is 0 Å². The number of ether oxygens (including phenoxy) is 1. The summed E-state index contributed by atoms with van der Waals surface area (Å²) in [6.07, 6.45) is 0.285. The molecule has 2 aromatic carbocycles. The minimum atomic E-state index is 0.285.